The Morgan fingerprint density at radius 2 is 2.10 bits per heavy atom. The van der Waals surface area contributed by atoms with Gasteiger partial charge in [-0.3, -0.25) is 0 Å². The van der Waals surface area contributed by atoms with Gasteiger partial charge in [-0.1, -0.05) is 39.3 Å². The van der Waals surface area contributed by atoms with E-state index in [0.29, 0.717) is 11.3 Å². The van der Waals surface area contributed by atoms with Crippen LogP contribution in [0.5, 0.6) is 0 Å². The highest BCUT2D eigenvalue weighted by atomic mass is 32.2. The summed E-state index contributed by atoms with van der Waals surface area (Å²) < 4.78 is 13.9. The lowest BCUT2D eigenvalue weighted by Crippen LogP contribution is -2.51. The molecule has 2 atom stereocenters. The van der Waals surface area contributed by atoms with E-state index in [4.69, 9.17) is 0 Å². The van der Waals surface area contributed by atoms with Gasteiger partial charge in [0.2, 0.25) is 0 Å². The smallest absolute Gasteiger partial charge is 0.136 e. The van der Waals surface area contributed by atoms with Crippen molar-refractivity contribution in [2.24, 2.45) is 5.41 Å². The predicted molar refractivity (Wildman–Crippen MR) is 85.8 cm³/mol. The van der Waals surface area contributed by atoms with Gasteiger partial charge >= 0.3 is 0 Å². The summed E-state index contributed by atoms with van der Waals surface area (Å²) in [5, 5.41) is 4.17. The minimum Gasteiger partial charge on any atom is -0.312 e. The highest BCUT2D eigenvalue weighted by Crippen LogP contribution is 2.43. The van der Waals surface area contributed by atoms with Crippen LogP contribution in [0.4, 0.5) is 4.39 Å². The maximum atomic E-state index is 13.9. The molecule has 0 amide bonds. The first-order valence-electron chi connectivity index (χ1n) is 7.69. The van der Waals surface area contributed by atoms with Gasteiger partial charge in [0.1, 0.15) is 5.82 Å². The van der Waals surface area contributed by atoms with Crippen LogP contribution >= 0.6 is 11.8 Å². The Balaban J connectivity index is 2.13. The predicted octanol–water partition coefficient (Wildman–Crippen LogP) is 4.86. The Morgan fingerprint density at radius 3 is 2.80 bits per heavy atom. The molecule has 0 aromatic heterocycles. The van der Waals surface area contributed by atoms with Crippen molar-refractivity contribution in [2.45, 2.75) is 62.6 Å². The lowest BCUT2D eigenvalue weighted by atomic mass is 9.73. The van der Waals surface area contributed by atoms with E-state index in [1.165, 1.54) is 19.3 Å². The molecule has 112 valence electrons. The summed E-state index contributed by atoms with van der Waals surface area (Å²) >= 11 is 1.71. The maximum absolute atomic E-state index is 13.9. The molecule has 1 saturated carbocycles. The molecule has 0 saturated heterocycles. The second-order valence-corrected chi connectivity index (χ2v) is 7.68. The largest absolute Gasteiger partial charge is 0.312 e. The molecule has 1 aromatic carbocycles. The first kappa shape index (κ1) is 15.8. The van der Waals surface area contributed by atoms with Crippen molar-refractivity contribution < 1.29 is 4.39 Å². The Kier molecular flexibility index (Phi) is 5.50. The van der Waals surface area contributed by atoms with E-state index in [0.717, 1.165) is 17.9 Å². The number of halogens is 1. The highest BCUT2D eigenvalue weighted by molar-refractivity contribution is 8.00. The van der Waals surface area contributed by atoms with Gasteiger partial charge in [-0.15, -0.1) is 11.8 Å². The molecule has 0 spiro atoms. The number of nitrogens with one attached hydrogen (secondary N) is 1. The molecule has 1 N–H and O–H groups in total. The molecule has 1 nitrogen and oxygen atoms in total. The standard InChI is InChI=1S/C17H26FNS/c1-4-12-19-16-15(10-7-11-17(16,2)3)20-14-9-6-5-8-13(14)18/h5-6,8-9,15-16,19H,4,7,10-12H2,1-3H3. The Hall–Kier alpha value is -0.540. The molecule has 20 heavy (non-hydrogen) atoms. The van der Waals surface area contributed by atoms with E-state index < -0.39 is 0 Å². The fourth-order valence-corrected chi connectivity index (χ4v) is 4.67. The topological polar surface area (TPSA) is 12.0 Å². The Bertz CT molecular complexity index is 433. The molecule has 1 fully saturated rings. The second kappa shape index (κ2) is 6.95. The van der Waals surface area contributed by atoms with Crippen LogP contribution < -0.4 is 5.32 Å². The van der Waals surface area contributed by atoms with Crippen LogP contribution in [0, 0.1) is 11.2 Å². The lowest BCUT2D eigenvalue weighted by Gasteiger charge is -2.44. The SMILES string of the molecule is CCCNC1C(Sc2ccccc2F)CCCC1(C)C. The molecule has 0 heterocycles. The first-order valence-corrected chi connectivity index (χ1v) is 8.57. The molecule has 2 unspecified atom stereocenters. The van der Waals surface area contributed by atoms with E-state index in [2.05, 4.69) is 26.1 Å². The third-order valence-electron chi connectivity index (χ3n) is 4.25. The van der Waals surface area contributed by atoms with Crippen molar-refractivity contribution in [3.8, 4) is 0 Å². The molecule has 1 aliphatic rings. The molecule has 2 rings (SSSR count). The van der Waals surface area contributed by atoms with Gasteiger partial charge in [0, 0.05) is 16.2 Å². The summed E-state index contributed by atoms with van der Waals surface area (Å²) in [5.74, 6) is -0.0879. The monoisotopic (exact) mass is 295 g/mol. The second-order valence-electron chi connectivity index (χ2n) is 6.40. The average molecular weight is 295 g/mol. The van der Waals surface area contributed by atoms with Gasteiger partial charge in [0.15, 0.2) is 0 Å². The molecule has 1 aliphatic carbocycles. The van der Waals surface area contributed by atoms with Gasteiger partial charge in [-0.25, -0.2) is 4.39 Å². The van der Waals surface area contributed by atoms with Gasteiger partial charge in [-0.05, 0) is 43.4 Å². The zero-order valence-corrected chi connectivity index (χ0v) is 13.6. The van der Waals surface area contributed by atoms with Crippen LogP contribution in [0.25, 0.3) is 0 Å². The third-order valence-corrected chi connectivity index (χ3v) is 5.65. The van der Waals surface area contributed by atoms with Crippen LogP contribution in [0.3, 0.4) is 0 Å². The number of thioether (sulfide) groups is 1. The van der Waals surface area contributed by atoms with Crippen LogP contribution in [0.15, 0.2) is 29.2 Å². The van der Waals surface area contributed by atoms with Gasteiger partial charge < -0.3 is 5.32 Å². The van der Waals surface area contributed by atoms with Gasteiger partial charge in [0.05, 0.1) is 0 Å². The fourth-order valence-electron chi connectivity index (χ4n) is 3.12. The summed E-state index contributed by atoms with van der Waals surface area (Å²) in [4.78, 5) is 0.790. The van der Waals surface area contributed by atoms with E-state index in [1.54, 1.807) is 23.9 Å². The number of hydrogen-bond donors (Lipinski definition) is 1. The van der Waals surface area contributed by atoms with E-state index in [-0.39, 0.29) is 11.2 Å². The number of rotatable bonds is 5. The van der Waals surface area contributed by atoms with Gasteiger partial charge in [-0.2, -0.15) is 0 Å². The average Bonchev–Trinajstić information content (AvgIpc) is 2.40. The zero-order chi connectivity index (χ0) is 14.6. The molecule has 3 heteroatoms. The summed E-state index contributed by atoms with van der Waals surface area (Å²) in [5.41, 5.74) is 0.288. The first-order chi connectivity index (χ1) is 9.54. The van der Waals surface area contributed by atoms with E-state index in [9.17, 15) is 4.39 Å². The zero-order valence-electron chi connectivity index (χ0n) is 12.8. The fraction of sp³-hybridized carbons (Fsp3) is 0.647. The molecule has 0 radical (unpaired) electrons. The molecule has 1 aromatic rings. The summed E-state index contributed by atoms with van der Waals surface area (Å²) in [6, 6.07) is 7.61. The van der Waals surface area contributed by atoms with Crippen LogP contribution in [-0.4, -0.2) is 17.8 Å². The Labute approximate surface area is 126 Å². The summed E-state index contributed by atoms with van der Waals surface area (Å²) in [6.45, 7) is 7.92. The quantitative estimate of drug-likeness (QED) is 0.832. The van der Waals surface area contributed by atoms with E-state index in [1.807, 2.05) is 12.1 Å². The van der Waals surface area contributed by atoms with Crippen molar-refractivity contribution in [3.05, 3.63) is 30.1 Å². The maximum Gasteiger partial charge on any atom is 0.136 e. The number of hydrogen-bond acceptors (Lipinski definition) is 2. The summed E-state index contributed by atoms with van der Waals surface area (Å²) in [6.07, 6.45) is 4.81. The van der Waals surface area contributed by atoms with Crippen molar-refractivity contribution in [1.82, 2.24) is 5.32 Å². The molecule has 0 aliphatic heterocycles. The third kappa shape index (κ3) is 3.76. The van der Waals surface area contributed by atoms with Crippen molar-refractivity contribution in [3.63, 3.8) is 0 Å². The Morgan fingerprint density at radius 1 is 1.35 bits per heavy atom. The van der Waals surface area contributed by atoms with Crippen LogP contribution in [0.2, 0.25) is 0 Å². The molecule has 0 bridgehead atoms. The van der Waals surface area contributed by atoms with Crippen LogP contribution in [-0.2, 0) is 0 Å². The van der Waals surface area contributed by atoms with E-state index >= 15 is 0 Å². The molecular formula is C17H26FNS. The summed E-state index contributed by atoms with van der Waals surface area (Å²) in [7, 11) is 0. The number of benzene rings is 1. The van der Waals surface area contributed by atoms with Crippen molar-refractivity contribution >= 4 is 11.8 Å². The minimum absolute atomic E-state index is 0.0879. The molecular weight excluding hydrogens is 269 g/mol. The highest BCUT2D eigenvalue weighted by Gasteiger charge is 2.39. The van der Waals surface area contributed by atoms with Crippen LogP contribution in [0.1, 0.15) is 46.5 Å². The van der Waals surface area contributed by atoms with Gasteiger partial charge in [0.25, 0.3) is 0 Å². The normalized spacial score (nSPS) is 25.6. The lowest BCUT2D eigenvalue weighted by molar-refractivity contribution is 0.175. The minimum atomic E-state index is -0.0879. The van der Waals surface area contributed by atoms with Crippen molar-refractivity contribution in [2.75, 3.05) is 6.54 Å². The van der Waals surface area contributed by atoms with Crippen molar-refractivity contribution in [1.29, 1.82) is 0 Å².